The molecule has 0 amide bonds. The van der Waals surface area contributed by atoms with Gasteiger partial charge in [0.1, 0.15) is 17.3 Å². The zero-order valence-corrected chi connectivity index (χ0v) is 19.0. The van der Waals surface area contributed by atoms with E-state index in [0.29, 0.717) is 53.2 Å². The Kier molecular flexibility index (Phi) is 11.2. The van der Waals surface area contributed by atoms with Gasteiger partial charge >= 0.3 is 0 Å². The summed E-state index contributed by atoms with van der Waals surface area (Å²) >= 11 is 6.67. The highest BCUT2D eigenvalue weighted by Crippen LogP contribution is 2.41. The molecule has 0 N–H and O–H groups in total. The SMILES string of the molecule is C=C1OCC/C=C/CC/C=C/C(=O)Cc2c(Cl)c(OCOCC)cc(OCOCC)c21. The van der Waals surface area contributed by atoms with Gasteiger partial charge < -0.3 is 23.7 Å². The molecule has 1 aliphatic heterocycles. The summed E-state index contributed by atoms with van der Waals surface area (Å²) < 4.78 is 28.0. The van der Waals surface area contributed by atoms with Crippen LogP contribution in [0.25, 0.3) is 5.76 Å². The van der Waals surface area contributed by atoms with Crippen LogP contribution in [0.15, 0.2) is 36.9 Å². The molecule has 1 aromatic rings. The minimum atomic E-state index is -0.0882. The lowest BCUT2D eigenvalue weighted by Gasteiger charge is -2.21. The van der Waals surface area contributed by atoms with E-state index < -0.39 is 0 Å². The normalized spacial score (nSPS) is 17.3. The highest BCUT2D eigenvalue weighted by Gasteiger charge is 2.23. The molecule has 7 heteroatoms. The average Bonchev–Trinajstić information content (AvgIpc) is 2.75. The highest BCUT2D eigenvalue weighted by atomic mass is 35.5. The summed E-state index contributed by atoms with van der Waals surface area (Å²) in [5.74, 6) is 1.06. The molecule has 0 saturated carbocycles. The molecule has 0 aliphatic carbocycles. The number of rotatable bonds is 8. The molecule has 1 heterocycles. The monoisotopic (exact) mass is 450 g/mol. The van der Waals surface area contributed by atoms with Crippen molar-refractivity contribution < 1.29 is 28.5 Å². The standard InChI is InChI=1S/C24H31ClO6/c1-4-27-16-30-21-15-22(31-17-28-5-2)24(25)20-14-19(26)12-10-8-6-7-9-11-13-29-18(3)23(20)21/h7,9-10,12,15H,3-6,8,11,13-14,16-17H2,1-2H3/b9-7+,12-10+. The van der Waals surface area contributed by atoms with Crippen LogP contribution in [0, 0.1) is 0 Å². The number of hydrogen-bond donors (Lipinski definition) is 0. The van der Waals surface area contributed by atoms with Gasteiger partial charge in [-0.05, 0) is 44.7 Å². The summed E-state index contributed by atoms with van der Waals surface area (Å²) in [5.41, 5.74) is 1.07. The van der Waals surface area contributed by atoms with E-state index in [1.54, 1.807) is 12.1 Å². The number of ether oxygens (including phenoxy) is 5. The van der Waals surface area contributed by atoms with Crippen LogP contribution in [0.3, 0.4) is 0 Å². The number of carbonyl (C=O) groups is 1. The number of carbonyl (C=O) groups excluding carboxylic acids is 1. The summed E-state index contributed by atoms with van der Waals surface area (Å²) in [6.45, 7) is 9.30. The van der Waals surface area contributed by atoms with Crippen molar-refractivity contribution in [3.05, 3.63) is 53.1 Å². The van der Waals surface area contributed by atoms with E-state index in [2.05, 4.69) is 18.7 Å². The quantitative estimate of drug-likeness (QED) is 0.297. The highest BCUT2D eigenvalue weighted by molar-refractivity contribution is 6.33. The summed E-state index contributed by atoms with van der Waals surface area (Å²) in [5, 5.41) is 0.303. The molecule has 1 aliphatic rings. The van der Waals surface area contributed by atoms with E-state index in [9.17, 15) is 4.79 Å². The first-order valence-corrected chi connectivity index (χ1v) is 10.9. The van der Waals surface area contributed by atoms with Gasteiger partial charge in [-0.3, -0.25) is 4.79 Å². The topological polar surface area (TPSA) is 63.2 Å². The summed E-state index contributed by atoms with van der Waals surface area (Å²) in [7, 11) is 0. The van der Waals surface area contributed by atoms with Crippen molar-refractivity contribution in [3.8, 4) is 11.5 Å². The maximum atomic E-state index is 12.7. The van der Waals surface area contributed by atoms with Crippen LogP contribution in [-0.4, -0.2) is 39.2 Å². The first-order chi connectivity index (χ1) is 15.1. The second-order valence-electron chi connectivity index (χ2n) is 6.70. The molecule has 170 valence electrons. The Morgan fingerprint density at radius 1 is 1.00 bits per heavy atom. The number of ketones is 1. The predicted molar refractivity (Wildman–Crippen MR) is 122 cm³/mol. The summed E-state index contributed by atoms with van der Waals surface area (Å²) in [6.07, 6.45) is 10.0. The lowest BCUT2D eigenvalue weighted by Crippen LogP contribution is -2.11. The smallest absolute Gasteiger partial charge is 0.189 e. The molecule has 0 aromatic heterocycles. The van der Waals surface area contributed by atoms with Crippen LogP contribution in [0.5, 0.6) is 11.5 Å². The van der Waals surface area contributed by atoms with Crippen molar-refractivity contribution in [2.45, 2.75) is 39.5 Å². The zero-order valence-electron chi connectivity index (χ0n) is 18.3. The third-order valence-electron chi connectivity index (χ3n) is 4.46. The molecule has 2 rings (SSSR count). The molecular weight excluding hydrogens is 420 g/mol. The number of allylic oxidation sites excluding steroid dienone is 3. The van der Waals surface area contributed by atoms with Gasteiger partial charge in [-0.1, -0.05) is 36.4 Å². The van der Waals surface area contributed by atoms with Gasteiger partial charge in [0.15, 0.2) is 19.4 Å². The fourth-order valence-corrected chi connectivity index (χ4v) is 3.20. The van der Waals surface area contributed by atoms with E-state index in [4.69, 9.17) is 35.3 Å². The number of fused-ring (bicyclic) bond motifs is 1. The lowest BCUT2D eigenvalue weighted by atomic mass is 9.98. The Labute approximate surface area is 189 Å². The second kappa shape index (κ2) is 13.9. The van der Waals surface area contributed by atoms with Gasteiger partial charge in [-0.15, -0.1) is 0 Å². The second-order valence-corrected chi connectivity index (χ2v) is 7.08. The predicted octanol–water partition coefficient (Wildman–Crippen LogP) is 5.48. The van der Waals surface area contributed by atoms with Gasteiger partial charge in [-0.25, -0.2) is 0 Å². The Bertz CT molecular complexity index is 800. The first kappa shape index (κ1) is 25.0. The van der Waals surface area contributed by atoms with Crippen molar-refractivity contribution in [1.82, 2.24) is 0 Å². The Morgan fingerprint density at radius 2 is 1.65 bits per heavy atom. The summed E-state index contributed by atoms with van der Waals surface area (Å²) in [6, 6.07) is 1.65. The minimum Gasteiger partial charge on any atom is -0.493 e. The van der Waals surface area contributed by atoms with E-state index in [1.807, 2.05) is 19.9 Å². The van der Waals surface area contributed by atoms with E-state index >= 15 is 0 Å². The van der Waals surface area contributed by atoms with Crippen LogP contribution in [0.1, 0.15) is 44.2 Å². The first-order valence-electron chi connectivity index (χ1n) is 10.5. The molecule has 0 radical (unpaired) electrons. The molecule has 1 aromatic carbocycles. The van der Waals surface area contributed by atoms with Gasteiger partial charge in [0, 0.05) is 25.7 Å². The molecule has 0 unspecified atom stereocenters. The van der Waals surface area contributed by atoms with Crippen molar-refractivity contribution in [2.24, 2.45) is 0 Å². The molecule has 0 fully saturated rings. The van der Waals surface area contributed by atoms with Gasteiger partial charge in [0.2, 0.25) is 0 Å². The largest absolute Gasteiger partial charge is 0.493 e. The molecule has 0 saturated heterocycles. The fraction of sp³-hybridized carbons (Fsp3) is 0.458. The molecule has 0 atom stereocenters. The number of benzene rings is 1. The Morgan fingerprint density at radius 3 is 2.35 bits per heavy atom. The van der Waals surface area contributed by atoms with Gasteiger partial charge in [0.25, 0.3) is 0 Å². The van der Waals surface area contributed by atoms with Crippen molar-refractivity contribution in [2.75, 3.05) is 33.4 Å². The molecule has 31 heavy (non-hydrogen) atoms. The maximum absolute atomic E-state index is 12.7. The molecular formula is C24H31ClO6. The third-order valence-corrected chi connectivity index (χ3v) is 4.87. The Balaban J connectivity index is 2.50. The van der Waals surface area contributed by atoms with E-state index in [1.165, 1.54) is 0 Å². The van der Waals surface area contributed by atoms with Crippen molar-refractivity contribution in [1.29, 1.82) is 0 Å². The van der Waals surface area contributed by atoms with E-state index in [0.717, 1.165) is 19.3 Å². The van der Waals surface area contributed by atoms with Gasteiger partial charge in [0.05, 0.1) is 17.2 Å². The number of hydrogen-bond acceptors (Lipinski definition) is 6. The average molecular weight is 451 g/mol. The Hall–Kier alpha value is -2.28. The van der Waals surface area contributed by atoms with Crippen LogP contribution in [0.2, 0.25) is 5.02 Å². The molecule has 0 bridgehead atoms. The zero-order chi connectivity index (χ0) is 22.5. The van der Waals surface area contributed by atoms with Gasteiger partial charge in [-0.2, -0.15) is 0 Å². The maximum Gasteiger partial charge on any atom is 0.189 e. The molecule has 0 spiro atoms. The third kappa shape index (κ3) is 8.05. The van der Waals surface area contributed by atoms with Crippen LogP contribution >= 0.6 is 11.6 Å². The van der Waals surface area contributed by atoms with E-state index in [-0.39, 0.29) is 25.8 Å². The fourth-order valence-electron chi connectivity index (χ4n) is 2.93. The van der Waals surface area contributed by atoms with Crippen molar-refractivity contribution >= 4 is 23.1 Å². The molecule has 6 nitrogen and oxygen atoms in total. The van der Waals surface area contributed by atoms with Crippen LogP contribution in [-0.2, 0) is 25.4 Å². The minimum absolute atomic E-state index is 0.0253. The lowest BCUT2D eigenvalue weighted by molar-refractivity contribution is -0.114. The van der Waals surface area contributed by atoms with Crippen molar-refractivity contribution in [3.63, 3.8) is 0 Å². The van der Waals surface area contributed by atoms with Crippen LogP contribution in [0.4, 0.5) is 0 Å². The number of halogens is 1. The summed E-state index contributed by atoms with van der Waals surface area (Å²) in [4.78, 5) is 12.7. The van der Waals surface area contributed by atoms with Crippen LogP contribution < -0.4 is 9.47 Å².